The van der Waals surface area contributed by atoms with E-state index in [4.69, 9.17) is 14.6 Å². The lowest BCUT2D eigenvalue weighted by Crippen LogP contribution is -2.57. The number of unbranched alkanes of at least 4 members (excludes halogenated alkanes) is 2. The molecule has 0 aromatic heterocycles. The van der Waals surface area contributed by atoms with Gasteiger partial charge < -0.3 is 29.5 Å². The molecule has 0 saturated carbocycles. The highest BCUT2D eigenvalue weighted by atomic mass is 16.5. The number of aliphatic hydroxyl groups is 1. The number of morpholine rings is 1. The fraction of sp³-hybridized carbons (Fsp3) is 0.792. The lowest BCUT2D eigenvalue weighted by Gasteiger charge is -2.37. The minimum Gasteiger partial charge on any atom is -0.481 e. The average molecular weight is 480 g/mol. The summed E-state index contributed by atoms with van der Waals surface area (Å²) in [5.74, 6) is -3.27. The van der Waals surface area contributed by atoms with E-state index in [1.54, 1.807) is 15.9 Å². The van der Waals surface area contributed by atoms with Crippen molar-refractivity contribution >= 4 is 17.8 Å². The third-order valence-corrected chi connectivity index (χ3v) is 7.83. The number of likely N-dealkylation sites (tertiary alicyclic amines) is 1. The molecule has 4 aliphatic heterocycles. The molecule has 10 nitrogen and oxygen atoms in total. The molecule has 34 heavy (non-hydrogen) atoms. The number of nitrogens with zero attached hydrogens (tertiary/aromatic N) is 3. The zero-order valence-corrected chi connectivity index (χ0v) is 19.8. The Kier molecular flexibility index (Phi) is 7.91. The highest BCUT2D eigenvalue weighted by Crippen LogP contribution is 2.58. The lowest BCUT2D eigenvalue weighted by atomic mass is 9.70. The first-order valence-corrected chi connectivity index (χ1v) is 12.5. The van der Waals surface area contributed by atoms with Gasteiger partial charge >= 0.3 is 5.97 Å². The Morgan fingerprint density at radius 2 is 1.97 bits per heavy atom. The molecule has 4 rings (SSSR count). The summed E-state index contributed by atoms with van der Waals surface area (Å²) in [4.78, 5) is 45.2. The standard InChI is InChI=1S/C24H37N3O7/c1-2-8-26(11-10-25-12-15-33-16-13-25)22(30)20-24-7-6-17(34-24)18(23(31)32)19(24)21(29)27(20)9-4-3-5-14-28/h2,17-20,28H,1,3-16H2,(H,31,32)/t17-,18+,19+,20-,24+/m0/s1. The molecular weight excluding hydrogens is 442 g/mol. The molecule has 10 heteroatoms. The van der Waals surface area contributed by atoms with Gasteiger partial charge in [-0.2, -0.15) is 0 Å². The minimum absolute atomic E-state index is 0.0728. The van der Waals surface area contributed by atoms with Gasteiger partial charge in [-0.1, -0.05) is 6.08 Å². The molecule has 0 aromatic rings. The van der Waals surface area contributed by atoms with Gasteiger partial charge in [0.15, 0.2) is 0 Å². The minimum atomic E-state index is -1.09. The zero-order chi connectivity index (χ0) is 24.3. The van der Waals surface area contributed by atoms with E-state index in [9.17, 15) is 19.5 Å². The predicted molar refractivity (Wildman–Crippen MR) is 122 cm³/mol. The maximum Gasteiger partial charge on any atom is 0.310 e. The SMILES string of the molecule is C=CCN(CCN1CCOCC1)C(=O)[C@@H]1N(CCCCCO)C(=O)[C@H]2[C@H](C(=O)O)[C@@H]3CC[C@]12O3. The molecule has 2 bridgehead atoms. The van der Waals surface area contributed by atoms with Crippen molar-refractivity contribution in [3.05, 3.63) is 12.7 Å². The van der Waals surface area contributed by atoms with Crippen LogP contribution in [0.15, 0.2) is 12.7 Å². The van der Waals surface area contributed by atoms with Crippen molar-refractivity contribution in [2.24, 2.45) is 11.8 Å². The van der Waals surface area contributed by atoms with Crippen molar-refractivity contribution in [2.75, 3.05) is 59.1 Å². The zero-order valence-electron chi connectivity index (χ0n) is 19.8. The second kappa shape index (κ2) is 10.7. The number of carboxylic acids is 1. The van der Waals surface area contributed by atoms with Gasteiger partial charge in [0.2, 0.25) is 11.8 Å². The Balaban J connectivity index is 1.57. The monoisotopic (exact) mass is 479 g/mol. The van der Waals surface area contributed by atoms with Crippen LogP contribution in [0.5, 0.6) is 0 Å². The maximum atomic E-state index is 14.0. The van der Waals surface area contributed by atoms with Crippen molar-refractivity contribution in [1.29, 1.82) is 0 Å². The number of hydrogen-bond donors (Lipinski definition) is 2. The fourth-order valence-electron chi connectivity index (χ4n) is 6.23. The van der Waals surface area contributed by atoms with Crippen molar-refractivity contribution < 1.29 is 34.1 Å². The van der Waals surface area contributed by atoms with Crippen LogP contribution in [-0.2, 0) is 23.9 Å². The third kappa shape index (κ3) is 4.48. The van der Waals surface area contributed by atoms with Gasteiger partial charge in [-0.25, -0.2) is 0 Å². The van der Waals surface area contributed by atoms with Crippen molar-refractivity contribution in [1.82, 2.24) is 14.7 Å². The number of hydrogen-bond acceptors (Lipinski definition) is 7. The summed E-state index contributed by atoms with van der Waals surface area (Å²) in [6.07, 6.45) is 4.17. The summed E-state index contributed by atoms with van der Waals surface area (Å²) in [5.41, 5.74) is -1.09. The Morgan fingerprint density at radius 3 is 2.65 bits per heavy atom. The number of aliphatic hydroxyl groups excluding tert-OH is 1. The number of rotatable bonds is 12. The molecule has 0 aliphatic carbocycles. The van der Waals surface area contributed by atoms with Crippen molar-refractivity contribution in [3.63, 3.8) is 0 Å². The molecule has 5 atom stereocenters. The van der Waals surface area contributed by atoms with E-state index < -0.39 is 35.6 Å². The predicted octanol–water partition coefficient (Wildman–Crippen LogP) is -0.0450. The first-order chi connectivity index (χ1) is 16.4. The van der Waals surface area contributed by atoms with Crippen molar-refractivity contribution in [3.8, 4) is 0 Å². The smallest absolute Gasteiger partial charge is 0.310 e. The van der Waals surface area contributed by atoms with E-state index in [2.05, 4.69) is 11.5 Å². The molecule has 0 unspecified atom stereocenters. The fourth-order valence-corrected chi connectivity index (χ4v) is 6.23. The van der Waals surface area contributed by atoms with E-state index in [-0.39, 0.29) is 18.4 Å². The molecule has 0 aromatic carbocycles. The molecule has 1 spiro atoms. The highest BCUT2D eigenvalue weighted by Gasteiger charge is 2.74. The number of amides is 2. The summed E-state index contributed by atoms with van der Waals surface area (Å²) in [6, 6.07) is -0.835. The molecule has 4 heterocycles. The Bertz CT molecular complexity index is 787. The van der Waals surface area contributed by atoms with Crippen LogP contribution in [0.25, 0.3) is 0 Å². The number of carbonyl (C=O) groups excluding carboxylic acids is 2. The third-order valence-electron chi connectivity index (χ3n) is 7.83. The molecule has 0 radical (unpaired) electrons. The number of carboxylic acid groups (broad SMARTS) is 1. The Hall–Kier alpha value is -2.01. The van der Waals surface area contributed by atoms with Gasteiger partial charge in [0, 0.05) is 45.9 Å². The van der Waals surface area contributed by atoms with Crippen LogP contribution in [0, 0.1) is 11.8 Å². The summed E-state index contributed by atoms with van der Waals surface area (Å²) in [6.45, 7) is 8.73. The number of ether oxygens (including phenoxy) is 2. The number of aliphatic carboxylic acids is 1. The second-order valence-electron chi connectivity index (χ2n) is 9.74. The topological polar surface area (TPSA) is 120 Å². The first kappa shape index (κ1) is 25.1. The highest BCUT2D eigenvalue weighted by molar-refractivity contribution is 5.98. The quantitative estimate of drug-likeness (QED) is 0.296. The molecule has 4 saturated heterocycles. The Morgan fingerprint density at radius 1 is 1.21 bits per heavy atom. The molecule has 2 N–H and O–H groups in total. The van der Waals surface area contributed by atoms with Gasteiger partial charge in [0.1, 0.15) is 11.6 Å². The van der Waals surface area contributed by atoms with Crippen molar-refractivity contribution in [2.45, 2.75) is 49.9 Å². The summed E-state index contributed by atoms with van der Waals surface area (Å²) >= 11 is 0. The van der Waals surface area contributed by atoms with Crippen LogP contribution >= 0.6 is 0 Å². The van der Waals surface area contributed by atoms with E-state index in [0.29, 0.717) is 65.1 Å². The van der Waals surface area contributed by atoms with E-state index in [1.165, 1.54) is 0 Å². The molecular formula is C24H37N3O7. The van der Waals surface area contributed by atoms with E-state index in [1.807, 2.05) is 0 Å². The van der Waals surface area contributed by atoms with E-state index >= 15 is 0 Å². The van der Waals surface area contributed by atoms with Crippen LogP contribution in [0.4, 0.5) is 0 Å². The molecule has 4 fully saturated rings. The number of fused-ring (bicyclic) bond motifs is 1. The van der Waals surface area contributed by atoms with Gasteiger partial charge in [-0.05, 0) is 32.1 Å². The van der Waals surface area contributed by atoms with Crippen LogP contribution < -0.4 is 0 Å². The maximum absolute atomic E-state index is 14.0. The van der Waals surface area contributed by atoms with Gasteiger partial charge in [-0.15, -0.1) is 6.58 Å². The normalized spacial score (nSPS) is 32.7. The van der Waals surface area contributed by atoms with Crippen LogP contribution in [0.3, 0.4) is 0 Å². The lowest BCUT2D eigenvalue weighted by molar-refractivity contribution is -0.151. The molecule has 190 valence electrons. The summed E-state index contributed by atoms with van der Waals surface area (Å²) in [7, 11) is 0. The first-order valence-electron chi connectivity index (χ1n) is 12.5. The largest absolute Gasteiger partial charge is 0.481 e. The molecule has 2 amide bonds. The summed E-state index contributed by atoms with van der Waals surface area (Å²) < 4.78 is 11.7. The van der Waals surface area contributed by atoms with Crippen LogP contribution in [0.2, 0.25) is 0 Å². The van der Waals surface area contributed by atoms with Gasteiger partial charge in [0.05, 0.1) is 31.2 Å². The average Bonchev–Trinajstić information content (AvgIpc) is 3.47. The van der Waals surface area contributed by atoms with E-state index in [0.717, 1.165) is 19.5 Å². The van der Waals surface area contributed by atoms with Crippen LogP contribution in [0.1, 0.15) is 32.1 Å². The Labute approximate surface area is 200 Å². The second-order valence-corrected chi connectivity index (χ2v) is 9.74. The molecule has 4 aliphatic rings. The van der Waals surface area contributed by atoms with Gasteiger partial charge in [-0.3, -0.25) is 19.3 Å². The summed E-state index contributed by atoms with van der Waals surface area (Å²) in [5, 5.41) is 19.0. The van der Waals surface area contributed by atoms with Gasteiger partial charge in [0.25, 0.3) is 0 Å². The van der Waals surface area contributed by atoms with Crippen LogP contribution in [-0.4, -0.2) is 120 Å². The number of carbonyl (C=O) groups is 3.